The summed E-state index contributed by atoms with van der Waals surface area (Å²) in [6, 6.07) is 6.03. The van der Waals surface area contributed by atoms with Crippen LogP contribution in [0.15, 0.2) is 23.1 Å². The van der Waals surface area contributed by atoms with E-state index < -0.39 is 10.0 Å². The Hall–Kier alpha value is -0.740. The Kier molecular flexibility index (Phi) is 4.74. The third-order valence-corrected chi connectivity index (χ3v) is 5.92. The minimum atomic E-state index is -3.55. The predicted octanol–water partition coefficient (Wildman–Crippen LogP) is 2.24. The molecule has 1 aliphatic rings. The summed E-state index contributed by atoms with van der Waals surface area (Å²) in [7, 11) is -3.55. The lowest BCUT2D eigenvalue weighted by Crippen LogP contribution is -2.29. The maximum Gasteiger partial charge on any atom is 0.240 e. The summed E-state index contributed by atoms with van der Waals surface area (Å²) in [5, 5.41) is 8.91. The van der Waals surface area contributed by atoms with Gasteiger partial charge in [0.25, 0.3) is 0 Å². The fraction of sp³-hybridized carbons (Fsp3) is 0.417. The summed E-state index contributed by atoms with van der Waals surface area (Å²) in [6.07, 6.45) is 1.04. The van der Waals surface area contributed by atoms with Crippen molar-refractivity contribution in [3.63, 3.8) is 0 Å². The summed E-state index contributed by atoms with van der Waals surface area (Å²) < 4.78 is 26.8. The van der Waals surface area contributed by atoms with E-state index >= 15 is 0 Å². The zero-order valence-electron chi connectivity index (χ0n) is 10.1. The monoisotopic (exact) mass is 316 g/mol. The molecule has 1 fully saturated rings. The van der Waals surface area contributed by atoms with Gasteiger partial charge >= 0.3 is 0 Å². The van der Waals surface area contributed by atoms with Gasteiger partial charge in [0.1, 0.15) is 6.07 Å². The summed E-state index contributed by atoms with van der Waals surface area (Å²) in [6.45, 7) is 0.451. The molecule has 102 valence electrons. The number of benzene rings is 1. The first-order valence-corrected chi connectivity index (χ1v) is 8.81. The molecule has 1 saturated heterocycles. The van der Waals surface area contributed by atoms with Crippen molar-refractivity contribution in [2.75, 3.05) is 18.1 Å². The molecule has 4 nitrogen and oxygen atoms in total. The van der Waals surface area contributed by atoms with E-state index in [0.29, 0.717) is 12.5 Å². The average Bonchev–Trinajstić information content (AvgIpc) is 2.89. The molecule has 1 unspecified atom stereocenters. The maximum absolute atomic E-state index is 12.1. The van der Waals surface area contributed by atoms with Gasteiger partial charge in [0.15, 0.2) is 0 Å². The number of halogens is 1. The number of thioether (sulfide) groups is 1. The normalized spacial score (nSPS) is 19.3. The van der Waals surface area contributed by atoms with Crippen LogP contribution < -0.4 is 4.72 Å². The molecule has 1 N–H and O–H groups in total. The number of sulfonamides is 1. The second kappa shape index (κ2) is 6.14. The fourth-order valence-electron chi connectivity index (χ4n) is 1.81. The van der Waals surface area contributed by atoms with Crippen LogP contribution in [-0.4, -0.2) is 26.5 Å². The molecule has 1 aromatic rings. The highest BCUT2D eigenvalue weighted by molar-refractivity contribution is 7.99. The summed E-state index contributed by atoms with van der Waals surface area (Å²) in [5.74, 6) is 2.49. The van der Waals surface area contributed by atoms with Gasteiger partial charge < -0.3 is 0 Å². The SMILES string of the molecule is N#Cc1ccc(S(=O)(=O)NCC2CCSC2)cc1Cl. The van der Waals surface area contributed by atoms with Crippen molar-refractivity contribution in [2.45, 2.75) is 11.3 Å². The Morgan fingerprint density at radius 2 is 2.32 bits per heavy atom. The van der Waals surface area contributed by atoms with Gasteiger partial charge in [0.05, 0.1) is 15.5 Å². The van der Waals surface area contributed by atoms with Crippen LogP contribution in [0.1, 0.15) is 12.0 Å². The predicted molar refractivity (Wildman–Crippen MR) is 76.8 cm³/mol. The topological polar surface area (TPSA) is 70.0 Å². The fourth-order valence-corrected chi connectivity index (χ4v) is 4.52. The van der Waals surface area contributed by atoms with E-state index in [1.807, 2.05) is 17.8 Å². The van der Waals surface area contributed by atoms with Gasteiger partial charge in [0.2, 0.25) is 10.0 Å². The Morgan fingerprint density at radius 1 is 1.53 bits per heavy atom. The van der Waals surface area contributed by atoms with Crippen molar-refractivity contribution in [2.24, 2.45) is 5.92 Å². The number of hydrogen-bond acceptors (Lipinski definition) is 4. The van der Waals surface area contributed by atoms with Gasteiger partial charge in [-0.3, -0.25) is 0 Å². The molecule has 0 bridgehead atoms. The Bertz CT molecular complexity index is 605. The molecule has 1 aromatic carbocycles. The molecule has 19 heavy (non-hydrogen) atoms. The van der Waals surface area contributed by atoms with Crippen molar-refractivity contribution in [1.82, 2.24) is 4.72 Å². The van der Waals surface area contributed by atoms with Crippen molar-refractivity contribution < 1.29 is 8.42 Å². The second-order valence-electron chi connectivity index (χ2n) is 4.33. The summed E-state index contributed by atoms with van der Waals surface area (Å²) >= 11 is 7.69. The summed E-state index contributed by atoms with van der Waals surface area (Å²) in [4.78, 5) is 0.0992. The van der Waals surface area contributed by atoms with Crippen LogP contribution in [0.4, 0.5) is 0 Å². The van der Waals surface area contributed by atoms with Gasteiger partial charge in [-0.2, -0.15) is 17.0 Å². The minimum Gasteiger partial charge on any atom is -0.211 e. The van der Waals surface area contributed by atoms with Crippen LogP contribution in [0.25, 0.3) is 0 Å². The highest BCUT2D eigenvalue weighted by atomic mass is 35.5. The van der Waals surface area contributed by atoms with E-state index in [2.05, 4.69) is 4.72 Å². The zero-order valence-corrected chi connectivity index (χ0v) is 12.5. The van der Waals surface area contributed by atoms with Crippen molar-refractivity contribution in [3.05, 3.63) is 28.8 Å². The Labute approximate surface area is 122 Å². The average molecular weight is 317 g/mol. The molecule has 0 aliphatic carbocycles. The first kappa shape index (κ1) is 14.7. The lowest BCUT2D eigenvalue weighted by Gasteiger charge is -2.11. The zero-order chi connectivity index (χ0) is 13.9. The summed E-state index contributed by atoms with van der Waals surface area (Å²) in [5.41, 5.74) is 0.271. The molecule has 2 rings (SSSR count). The molecule has 0 saturated carbocycles. The largest absolute Gasteiger partial charge is 0.240 e. The quantitative estimate of drug-likeness (QED) is 0.925. The molecular weight excluding hydrogens is 304 g/mol. The molecule has 1 heterocycles. The first-order valence-electron chi connectivity index (χ1n) is 5.80. The minimum absolute atomic E-state index is 0.0992. The van der Waals surface area contributed by atoms with E-state index in [1.54, 1.807) is 0 Å². The number of nitrogens with one attached hydrogen (secondary N) is 1. The van der Waals surface area contributed by atoms with Crippen molar-refractivity contribution >= 4 is 33.4 Å². The van der Waals surface area contributed by atoms with Crippen molar-refractivity contribution in [3.8, 4) is 6.07 Å². The molecule has 0 radical (unpaired) electrons. The van der Waals surface area contributed by atoms with Crippen LogP contribution in [0.2, 0.25) is 5.02 Å². The molecular formula is C12H13ClN2O2S2. The number of hydrogen-bond donors (Lipinski definition) is 1. The lowest BCUT2D eigenvalue weighted by molar-refractivity contribution is 0.546. The van der Waals surface area contributed by atoms with Gasteiger partial charge in [-0.05, 0) is 42.0 Å². The Balaban J connectivity index is 2.10. The van der Waals surface area contributed by atoms with E-state index in [4.69, 9.17) is 16.9 Å². The van der Waals surface area contributed by atoms with Gasteiger partial charge in [-0.1, -0.05) is 11.6 Å². The first-order chi connectivity index (χ1) is 9.03. The Morgan fingerprint density at radius 3 is 2.89 bits per heavy atom. The highest BCUT2D eigenvalue weighted by Crippen LogP contribution is 2.24. The van der Waals surface area contributed by atoms with Crippen LogP contribution in [0.3, 0.4) is 0 Å². The maximum atomic E-state index is 12.1. The standard InChI is InChI=1S/C12H13ClN2O2S2/c13-12-5-11(2-1-10(12)6-14)19(16,17)15-7-9-3-4-18-8-9/h1-2,5,9,15H,3-4,7-8H2. The van der Waals surface area contributed by atoms with Gasteiger partial charge in [0, 0.05) is 6.54 Å². The number of nitrogens with zero attached hydrogens (tertiary/aromatic N) is 1. The molecule has 1 atom stereocenters. The van der Waals surface area contributed by atoms with Crippen LogP contribution in [0, 0.1) is 17.2 Å². The molecule has 0 spiro atoms. The number of rotatable bonds is 4. The molecule has 1 aliphatic heterocycles. The molecule has 0 aromatic heterocycles. The molecule has 7 heteroatoms. The van der Waals surface area contributed by atoms with Crippen LogP contribution >= 0.6 is 23.4 Å². The number of nitriles is 1. The third-order valence-electron chi connectivity index (χ3n) is 2.96. The third kappa shape index (κ3) is 3.63. The smallest absolute Gasteiger partial charge is 0.211 e. The van der Waals surface area contributed by atoms with Crippen molar-refractivity contribution in [1.29, 1.82) is 5.26 Å². The molecule has 0 amide bonds. The van der Waals surface area contributed by atoms with Crippen LogP contribution in [-0.2, 0) is 10.0 Å². The van der Waals surface area contributed by atoms with Gasteiger partial charge in [-0.15, -0.1) is 0 Å². The highest BCUT2D eigenvalue weighted by Gasteiger charge is 2.20. The van der Waals surface area contributed by atoms with E-state index in [9.17, 15) is 8.42 Å². The van der Waals surface area contributed by atoms with Gasteiger partial charge in [-0.25, -0.2) is 13.1 Å². The lowest BCUT2D eigenvalue weighted by atomic mass is 10.1. The second-order valence-corrected chi connectivity index (χ2v) is 7.66. The van der Waals surface area contributed by atoms with E-state index in [0.717, 1.165) is 17.9 Å². The van der Waals surface area contributed by atoms with Crippen LogP contribution in [0.5, 0.6) is 0 Å². The van der Waals surface area contributed by atoms with E-state index in [-0.39, 0.29) is 15.5 Å². The van der Waals surface area contributed by atoms with E-state index in [1.165, 1.54) is 18.2 Å².